The zero-order valence-electron chi connectivity index (χ0n) is 11.4. The van der Waals surface area contributed by atoms with Crippen molar-refractivity contribution in [2.75, 3.05) is 25.4 Å². The van der Waals surface area contributed by atoms with Gasteiger partial charge in [-0.1, -0.05) is 13.8 Å². The quantitative estimate of drug-likeness (QED) is 0.724. The van der Waals surface area contributed by atoms with Gasteiger partial charge in [0.05, 0.1) is 5.75 Å². The van der Waals surface area contributed by atoms with E-state index in [9.17, 15) is 8.42 Å². The first-order valence-electron chi connectivity index (χ1n) is 6.95. The van der Waals surface area contributed by atoms with Gasteiger partial charge in [0.1, 0.15) is 0 Å². The Bertz CT molecular complexity index is 370. The van der Waals surface area contributed by atoms with Crippen LogP contribution in [0.5, 0.6) is 0 Å². The summed E-state index contributed by atoms with van der Waals surface area (Å²) in [4.78, 5) is 2.42. The summed E-state index contributed by atoms with van der Waals surface area (Å²) in [6.07, 6.45) is 3.30. The minimum atomic E-state index is -3.14. The van der Waals surface area contributed by atoms with E-state index in [0.29, 0.717) is 18.6 Å². The SMILES string of the molecule is CC(C)NCCS(=O)(=O)NC1CCN2CCCC12. The summed E-state index contributed by atoms with van der Waals surface area (Å²) >= 11 is 0. The molecule has 2 unspecified atom stereocenters. The van der Waals surface area contributed by atoms with Crippen LogP contribution in [0.25, 0.3) is 0 Å². The average molecular weight is 275 g/mol. The van der Waals surface area contributed by atoms with E-state index in [-0.39, 0.29) is 11.8 Å². The van der Waals surface area contributed by atoms with Crippen molar-refractivity contribution in [2.45, 2.75) is 51.2 Å². The molecule has 106 valence electrons. The molecule has 0 bridgehead atoms. The van der Waals surface area contributed by atoms with Crippen LogP contribution < -0.4 is 10.0 Å². The summed E-state index contributed by atoms with van der Waals surface area (Å²) < 4.78 is 26.9. The lowest BCUT2D eigenvalue weighted by molar-refractivity contribution is 0.309. The molecule has 2 aliphatic rings. The van der Waals surface area contributed by atoms with Crippen LogP contribution in [-0.2, 0) is 10.0 Å². The fraction of sp³-hybridized carbons (Fsp3) is 1.00. The second-order valence-corrected chi connectivity index (χ2v) is 7.56. The molecule has 0 aromatic rings. The Kier molecular flexibility index (Phi) is 4.64. The van der Waals surface area contributed by atoms with Crippen molar-refractivity contribution in [3.05, 3.63) is 0 Å². The molecule has 2 heterocycles. The molecule has 18 heavy (non-hydrogen) atoms. The Hall–Kier alpha value is -0.170. The van der Waals surface area contributed by atoms with E-state index in [1.54, 1.807) is 0 Å². The van der Waals surface area contributed by atoms with E-state index in [1.807, 2.05) is 13.8 Å². The van der Waals surface area contributed by atoms with Crippen LogP contribution in [0.1, 0.15) is 33.1 Å². The number of hydrogen-bond acceptors (Lipinski definition) is 4. The highest BCUT2D eigenvalue weighted by Crippen LogP contribution is 2.28. The van der Waals surface area contributed by atoms with Crippen molar-refractivity contribution < 1.29 is 8.42 Å². The van der Waals surface area contributed by atoms with Crippen molar-refractivity contribution in [2.24, 2.45) is 0 Å². The molecule has 0 aromatic carbocycles. The van der Waals surface area contributed by atoms with Gasteiger partial charge >= 0.3 is 0 Å². The van der Waals surface area contributed by atoms with E-state index < -0.39 is 10.0 Å². The van der Waals surface area contributed by atoms with Crippen molar-refractivity contribution in [3.8, 4) is 0 Å². The summed E-state index contributed by atoms with van der Waals surface area (Å²) in [5.74, 6) is 0.175. The molecule has 0 aromatic heterocycles. The van der Waals surface area contributed by atoms with Crippen LogP contribution in [0, 0.1) is 0 Å². The first-order valence-corrected chi connectivity index (χ1v) is 8.60. The molecular weight excluding hydrogens is 250 g/mol. The minimum absolute atomic E-state index is 0.136. The lowest BCUT2D eigenvalue weighted by Crippen LogP contribution is -2.44. The molecule has 6 heteroatoms. The highest BCUT2D eigenvalue weighted by molar-refractivity contribution is 7.89. The molecule has 2 saturated heterocycles. The van der Waals surface area contributed by atoms with E-state index >= 15 is 0 Å². The molecule has 2 N–H and O–H groups in total. The zero-order chi connectivity index (χ0) is 13.2. The zero-order valence-corrected chi connectivity index (χ0v) is 12.2. The average Bonchev–Trinajstić information content (AvgIpc) is 2.81. The van der Waals surface area contributed by atoms with Gasteiger partial charge in [0.25, 0.3) is 0 Å². The van der Waals surface area contributed by atoms with E-state index in [2.05, 4.69) is 14.9 Å². The number of sulfonamides is 1. The van der Waals surface area contributed by atoms with Crippen LogP contribution in [-0.4, -0.2) is 56.8 Å². The Morgan fingerprint density at radius 2 is 2.06 bits per heavy atom. The maximum atomic E-state index is 12.0. The Labute approximate surface area is 110 Å². The molecule has 2 atom stereocenters. The number of fused-ring (bicyclic) bond motifs is 1. The minimum Gasteiger partial charge on any atom is -0.313 e. The third kappa shape index (κ3) is 3.66. The van der Waals surface area contributed by atoms with E-state index in [4.69, 9.17) is 0 Å². The van der Waals surface area contributed by atoms with Crippen LogP contribution in [0.15, 0.2) is 0 Å². The summed E-state index contributed by atoms with van der Waals surface area (Å²) in [7, 11) is -3.14. The van der Waals surface area contributed by atoms with Crippen molar-refractivity contribution >= 4 is 10.0 Å². The molecule has 0 spiro atoms. The van der Waals surface area contributed by atoms with E-state index in [1.165, 1.54) is 6.42 Å². The molecule has 0 amide bonds. The topological polar surface area (TPSA) is 61.4 Å². The smallest absolute Gasteiger partial charge is 0.213 e. The van der Waals surface area contributed by atoms with Crippen LogP contribution in [0.2, 0.25) is 0 Å². The first-order chi connectivity index (χ1) is 8.48. The number of rotatable bonds is 6. The second kappa shape index (κ2) is 5.86. The molecule has 2 rings (SSSR count). The highest BCUT2D eigenvalue weighted by Gasteiger charge is 2.38. The normalized spacial score (nSPS) is 29.1. The fourth-order valence-corrected chi connectivity index (χ4v) is 4.23. The van der Waals surface area contributed by atoms with Gasteiger partial charge < -0.3 is 5.32 Å². The third-order valence-corrected chi connectivity index (χ3v) is 5.26. The van der Waals surface area contributed by atoms with E-state index in [0.717, 1.165) is 25.9 Å². The summed E-state index contributed by atoms with van der Waals surface area (Å²) in [5.41, 5.74) is 0. The maximum absolute atomic E-state index is 12.0. The Morgan fingerprint density at radius 3 is 2.78 bits per heavy atom. The number of nitrogens with one attached hydrogen (secondary N) is 2. The Morgan fingerprint density at radius 1 is 1.28 bits per heavy atom. The van der Waals surface area contributed by atoms with Gasteiger partial charge in [0, 0.05) is 31.2 Å². The van der Waals surface area contributed by atoms with Gasteiger partial charge in [-0.2, -0.15) is 0 Å². The third-order valence-electron chi connectivity index (χ3n) is 3.86. The molecule has 0 radical (unpaired) electrons. The van der Waals surface area contributed by atoms with Gasteiger partial charge in [-0.05, 0) is 25.8 Å². The summed E-state index contributed by atoms with van der Waals surface area (Å²) in [6, 6.07) is 0.909. The number of hydrogen-bond donors (Lipinski definition) is 2. The lowest BCUT2D eigenvalue weighted by Gasteiger charge is -2.21. The van der Waals surface area contributed by atoms with Crippen LogP contribution in [0.4, 0.5) is 0 Å². The van der Waals surface area contributed by atoms with Gasteiger partial charge in [-0.15, -0.1) is 0 Å². The van der Waals surface area contributed by atoms with Gasteiger partial charge in [0.2, 0.25) is 10.0 Å². The van der Waals surface area contributed by atoms with Crippen LogP contribution >= 0.6 is 0 Å². The summed E-state index contributed by atoms with van der Waals surface area (Å²) in [5, 5.41) is 3.14. The Balaban J connectivity index is 1.81. The molecule has 2 aliphatic heterocycles. The predicted octanol–water partition coefficient (Wildman–Crippen LogP) is 0.141. The van der Waals surface area contributed by atoms with Crippen molar-refractivity contribution in [1.29, 1.82) is 0 Å². The number of nitrogens with zero attached hydrogens (tertiary/aromatic N) is 1. The molecule has 0 aliphatic carbocycles. The molecule has 0 saturated carbocycles. The molecule has 2 fully saturated rings. The largest absolute Gasteiger partial charge is 0.313 e. The standard InChI is InChI=1S/C12H25N3O2S/c1-10(2)13-6-9-18(16,17)14-11-5-8-15-7-3-4-12(11)15/h10-14H,3-9H2,1-2H3. The predicted molar refractivity (Wildman–Crippen MR) is 73.1 cm³/mol. The molecular formula is C12H25N3O2S. The molecule has 5 nitrogen and oxygen atoms in total. The van der Waals surface area contributed by atoms with Crippen molar-refractivity contribution in [3.63, 3.8) is 0 Å². The first kappa shape index (κ1) is 14.2. The lowest BCUT2D eigenvalue weighted by atomic mass is 10.1. The van der Waals surface area contributed by atoms with Gasteiger partial charge in [-0.25, -0.2) is 13.1 Å². The van der Waals surface area contributed by atoms with Crippen LogP contribution in [0.3, 0.4) is 0 Å². The van der Waals surface area contributed by atoms with Gasteiger partial charge in [0.15, 0.2) is 0 Å². The monoisotopic (exact) mass is 275 g/mol. The summed E-state index contributed by atoms with van der Waals surface area (Å²) in [6.45, 7) is 6.74. The second-order valence-electron chi connectivity index (χ2n) is 5.69. The van der Waals surface area contributed by atoms with Gasteiger partial charge in [-0.3, -0.25) is 4.90 Å². The highest BCUT2D eigenvalue weighted by atomic mass is 32.2. The fourth-order valence-electron chi connectivity index (χ4n) is 2.99. The maximum Gasteiger partial charge on any atom is 0.213 e. The van der Waals surface area contributed by atoms with Crippen molar-refractivity contribution in [1.82, 2.24) is 14.9 Å².